The van der Waals surface area contributed by atoms with Gasteiger partial charge in [0, 0.05) is 18.8 Å². The number of carbonyl (C=O) groups is 1. The van der Waals surface area contributed by atoms with Crippen LogP contribution in [0.15, 0.2) is 24.3 Å². The molecule has 0 spiro atoms. The summed E-state index contributed by atoms with van der Waals surface area (Å²) in [5.74, 6) is 0.397. The molecule has 1 saturated heterocycles. The Balaban J connectivity index is 2.12. The van der Waals surface area contributed by atoms with E-state index >= 15 is 0 Å². The molecule has 1 aromatic carbocycles. The van der Waals surface area contributed by atoms with Crippen molar-refractivity contribution in [3.63, 3.8) is 0 Å². The first kappa shape index (κ1) is 13.1. The summed E-state index contributed by atoms with van der Waals surface area (Å²) in [7, 11) is 0. The zero-order chi connectivity index (χ0) is 13.0. The molecular weight excluding hydrogens is 224 g/mol. The highest BCUT2D eigenvalue weighted by Gasteiger charge is 2.25. The Hall–Kier alpha value is -1.35. The van der Waals surface area contributed by atoms with Gasteiger partial charge in [0.1, 0.15) is 0 Å². The maximum Gasteiger partial charge on any atom is 0.231 e. The summed E-state index contributed by atoms with van der Waals surface area (Å²) in [5.41, 5.74) is 2.24. The van der Waals surface area contributed by atoms with E-state index in [2.05, 4.69) is 24.4 Å². The van der Waals surface area contributed by atoms with E-state index in [1.165, 1.54) is 5.56 Å². The average molecular weight is 246 g/mol. The normalized spacial score (nSPS) is 19.6. The molecule has 1 unspecified atom stereocenters. The van der Waals surface area contributed by atoms with Gasteiger partial charge >= 0.3 is 0 Å². The molecule has 3 nitrogen and oxygen atoms in total. The predicted molar refractivity (Wildman–Crippen MR) is 74.8 cm³/mol. The third-order valence-electron chi connectivity index (χ3n) is 3.57. The van der Waals surface area contributed by atoms with E-state index in [0.29, 0.717) is 0 Å². The molecule has 98 valence electrons. The zero-order valence-electron chi connectivity index (χ0n) is 11.3. The highest BCUT2D eigenvalue weighted by molar-refractivity contribution is 5.95. The number of amides is 1. The van der Waals surface area contributed by atoms with Crippen LogP contribution in [-0.2, 0) is 4.79 Å². The Bertz CT molecular complexity index is 393. The minimum Gasteiger partial charge on any atom is -0.316 e. The summed E-state index contributed by atoms with van der Waals surface area (Å²) >= 11 is 0. The summed E-state index contributed by atoms with van der Waals surface area (Å²) in [6.07, 6.45) is 2.11. The SMILES string of the molecule is CCN(C(=O)C1CCCNC1)c1ccc(C)cc1. The molecule has 1 amide bonds. The predicted octanol–water partition coefficient (Wildman–Crippen LogP) is 2.35. The number of piperidine rings is 1. The molecule has 1 fully saturated rings. The summed E-state index contributed by atoms with van der Waals surface area (Å²) in [6, 6.07) is 8.19. The number of nitrogens with zero attached hydrogens (tertiary/aromatic N) is 1. The monoisotopic (exact) mass is 246 g/mol. The number of carbonyl (C=O) groups excluding carboxylic acids is 1. The zero-order valence-corrected chi connectivity index (χ0v) is 11.3. The Morgan fingerprint density at radius 2 is 2.11 bits per heavy atom. The van der Waals surface area contributed by atoms with Gasteiger partial charge in [-0.2, -0.15) is 0 Å². The van der Waals surface area contributed by atoms with Crippen LogP contribution >= 0.6 is 0 Å². The van der Waals surface area contributed by atoms with Gasteiger partial charge in [-0.15, -0.1) is 0 Å². The number of anilines is 1. The average Bonchev–Trinajstić information content (AvgIpc) is 2.42. The second-order valence-electron chi connectivity index (χ2n) is 4.96. The second-order valence-corrected chi connectivity index (χ2v) is 4.96. The van der Waals surface area contributed by atoms with Gasteiger partial charge in [-0.05, 0) is 45.4 Å². The number of aryl methyl sites for hydroxylation is 1. The van der Waals surface area contributed by atoms with Gasteiger partial charge in [0.2, 0.25) is 5.91 Å². The molecule has 2 rings (SSSR count). The van der Waals surface area contributed by atoms with Gasteiger partial charge in [-0.3, -0.25) is 4.79 Å². The molecule has 18 heavy (non-hydrogen) atoms. The van der Waals surface area contributed by atoms with E-state index in [-0.39, 0.29) is 11.8 Å². The van der Waals surface area contributed by atoms with Crippen molar-refractivity contribution < 1.29 is 4.79 Å². The number of hydrogen-bond acceptors (Lipinski definition) is 2. The highest BCUT2D eigenvalue weighted by atomic mass is 16.2. The van der Waals surface area contributed by atoms with E-state index in [0.717, 1.165) is 38.2 Å². The van der Waals surface area contributed by atoms with E-state index in [1.54, 1.807) is 0 Å². The van der Waals surface area contributed by atoms with Crippen molar-refractivity contribution in [2.24, 2.45) is 5.92 Å². The molecule has 1 aliphatic rings. The van der Waals surface area contributed by atoms with Crippen molar-refractivity contribution in [1.29, 1.82) is 0 Å². The van der Waals surface area contributed by atoms with Crippen molar-refractivity contribution in [3.05, 3.63) is 29.8 Å². The molecule has 1 heterocycles. The molecule has 0 saturated carbocycles. The third kappa shape index (κ3) is 2.91. The van der Waals surface area contributed by atoms with Gasteiger partial charge in [-0.25, -0.2) is 0 Å². The van der Waals surface area contributed by atoms with E-state index in [1.807, 2.05) is 24.0 Å². The van der Waals surface area contributed by atoms with Gasteiger partial charge in [0.05, 0.1) is 5.92 Å². The molecule has 1 atom stereocenters. The van der Waals surface area contributed by atoms with Gasteiger partial charge < -0.3 is 10.2 Å². The van der Waals surface area contributed by atoms with E-state index in [4.69, 9.17) is 0 Å². The van der Waals surface area contributed by atoms with Gasteiger partial charge in [0.15, 0.2) is 0 Å². The minimum absolute atomic E-state index is 0.139. The fourth-order valence-electron chi connectivity index (χ4n) is 2.47. The molecule has 0 aromatic heterocycles. The fraction of sp³-hybridized carbons (Fsp3) is 0.533. The van der Waals surface area contributed by atoms with Crippen LogP contribution in [0, 0.1) is 12.8 Å². The minimum atomic E-state index is 0.139. The van der Waals surface area contributed by atoms with Crippen LogP contribution in [0.5, 0.6) is 0 Å². The van der Waals surface area contributed by atoms with Crippen molar-refractivity contribution in [1.82, 2.24) is 5.32 Å². The van der Waals surface area contributed by atoms with Gasteiger partial charge in [0.25, 0.3) is 0 Å². The number of nitrogens with one attached hydrogen (secondary N) is 1. The smallest absolute Gasteiger partial charge is 0.231 e. The molecule has 1 N–H and O–H groups in total. The van der Waals surface area contributed by atoms with E-state index < -0.39 is 0 Å². The van der Waals surface area contributed by atoms with Crippen LogP contribution in [0.1, 0.15) is 25.3 Å². The molecule has 1 aliphatic heterocycles. The number of rotatable bonds is 3. The maximum absolute atomic E-state index is 12.5. The van der Waals surface area contributed by atoms with Crippen molar-refractivity contribution in [3.8, 4) is 0 Å². The topological polar surface area (TPSA) is 32.3 Å². The van der Waals surface area contributed by atoms with Crippen molar-refractivity contribution in [2.75, 3.05) is 24.5 Å². The molecule has 0 bridgehead atoms. The van der Waals surface area contributed by atoms with E-state index in [9.17, 15) is 4.79 Å². The van der Waals surface area contributed by atoms with Crippen LogP contribution in [0.25, 0.3) is 0 Å². The second kappa shape index (κ2) is 6.01. The first-order chi connectivity index (χ1) is 8.72. The lowest BCUT2D eigenvalue weighted by molar-refractivity contribution is -0.122. The summed E-state index contributed by atoms with van der Waals surface area (Å²) in [5, 5.41) is 3.31. The summed E-state index contributed by atoms with van der Waals surface area (Å²) in [4.78, 5) is 14.4. The number of hydrogen-bond donors (Lipinski definition) is 1. The molecular formula is C15H22N2O. The van der Waals surface area contributed by atoms with Crippen molar-refractivity contribution in [2.45, 2.75) is 26.7 Å². The maximum atomic E-state index is 12.5. The largest absolute Gasteiger partial charge is 0.316 e. The third-order valence-corrected chi connectivity index (χ3v) is 3.57. The standard InChI is InChI=1S/C15H22N2O/c1-3-17(14-8-6-12(2)7-9-14)15(18)13-5-4-10-16-11-13/h6-9,13,16H,3-5,10-11H2,1-2H3. The quantitative estimate of drug-likeness (QED) is 0.888. The Morgan fingerprint density at radius 3 is 2.67 bits per heavy atom. The highest BCUT2D eigenvalue weighted by Crippen LogP contribution is 2.20. The first-order valence-electron chi connectivity index (χ1n) is 6.81. The summed E-state index contributed by atoms with van der Waals surface area (Å²) < 4.78 is 0. The first-order valence-corrected chi connectivity index (χ1v) is 6.81. The molecule has 0 radical (unpaired) electrons. The Labute approximate surface area is 109 Å². The Kier molecular flexibility index (Phi) is 4.37. The fourth-order valence-corrected chi connectivity index (χ4v) is 2.47. The van der Waals surface area contributed by atoms with Crippen LogP contribution in [0.4, 0.5) is 5.69 Å². The van der Waals surface area contributed by atoms with Crippen LogP contribution < -0.4 is 10.2 Å². The van der Waals surface area contributed by atoms with Crippen LogP contribution in [0.3, 0.4) is 0 Å². The summed E-state index contributed by atoms with van der Waals surface area (Å²) in [6.45, 7) is 6.70. The lowest BCUT2D eigenvalue weighted by Gasteiger charge is -2.29. The number of benzene rings is 1. The lowest BCUT2D eigenvalue weighted by atomic mass is 9.98. The molecule has 1 aromatic rings. The Morgan fingerprint density at radius 1 is 1.39 bits per heavy atom. The molecule has 0 aliphatic carbocycles. The molecule has 3 heteroatoms. The van der Waals surface area contributed by atoms with Gasteiger partial charge in [-0.1, -0.05) is 17.7 Å². The van der Waals surface area contributed by atoms with Crippen LogP contribution in [-0.4, -0.2) is 25.5 Å². The lowest BCUT2D eigenvalue weighted by Crippen LogP contribution is -2.43. The van der Waals surface area contributed by atoms with Crippen LogP contribution in [0.2, 0.25) is 0 Å². The van der Waals surface area contributed by atoms with Crippen molar-refractivity contribution >= 4 is 11.6 Å².